The number of amides is 1. The van der Waals surface area contributed by atoms with E-state index in [0.717, 1.165) is 28.3 Å². The Bertz CT molecular complexity index is 1500. The van der Waals surface area contributed by atoms with Crippen LogP contribution in [0.4, 0.5) is 22.8 Å². The number of rotatable bonds is 8. The van der Waals surface area contributed by atoms with Gasteiger partial charge in [0.25, 0.3) is 0 Å². The van der Waals surface area contributed by atoms with E-state index < -0.39 is 35.2 Å². The number of nitrogens with zero attached hydrogens (tertiary/aromatic N) is 2. The van der Waals surface area contributed by atoms with Crippen molar-refractivity contribution < 1.29 is 46.2 Å². The second kappa shape index (κ2) is 14.1. The number of allylic oxidation sites excluding steroid dienone is 1. The number of aromatic nitrogens is 1. The van der Waals surface area contributed by atoms with E-state index in [1.54, 1.807) is 66.7 Å². The van der Waals surface area contributed by atoms with Crippen LogP contribution in [0.2, 0.25) is 0 Å². The van der Waals surface area contributed by atoms with Crippen molar-refractivity contribution in [2.24, 2.45) is 0 Å². The average Bonchev–Trinajstić information content (AvgIpc) is 3.29. The summed E-state index contributed by atoms with van der Waals surface area (Å²) in [6.07, 6.45) is -4.00. The van der Waals surface area contributed by atoms with Crippen LogP contribution in [-0.2, 0) is 27.1 Å². The van der Waals surface area contributed by atoms with E-state index in [9.17, 15) is 22.8 Å². The molecule has 0 spiro atoms. The molecule has 0 bridgehead atoms. The third kappa shape index (κ3) is 10.9. The predicted octanol–water partition coefficient (Wildman–Crippen LogP) is 9.15. The largest absolute Gasteiger partial charge is 0.534 e. The number of hydrogen-bond donors (Lipinski definition) is 0. The van der Waals surface area contributed by atoms with Crippen LogP contribution >= 0.6 is 0 Å². The van der Waals surface area contributed by atoms with E-state index in [1.165, 1.54) is 12.1 Å². The molecule has 0 N–H and O–H groups in total. The number of benzene rings is 2. The van der Waals surface area contributed by atoms with Gasteiger partial charge in [-0.05, 0) is 102 Å². The Morgan fingerprint density at radius 3 is 2.18 bits per heavy atom. The van der Waals surface area contributed by atoms with Gasteiger partial charge in [0, 0.05) is 5.56 Å². The zero-order valence-electron chi connectivity index (χ0n) is 26.7. The van der Waals surface area contributed by atoms with E-state index in [4.69, 9.17) is 23.5 Å². The smallest absolute Gasteiger partial charge is 0.487 e. The van der Waals surface area contributed by atoms with Crippen LogP contribution in [0.3, 0.4) is 0 Å². The van der Waals surface area contributed by atoms with Gasteiger partial charge in [0.2, 0.25) is 5.89 Å². The molecule has 0 atom stereocenters. The molecule has 0 aliphatic rings. The van der Waals surface area contributed by atoms with Crippen LogP contribution in [0.15, 0.2) is 59.0 Å². The predicted molar refractivity (Wildman–Crippen MR) is 161 cm³/mol. The second-order valence-corrected chi connectivity index (χ2v) is 12.1. The molecule has 12 heteroatoms. The molecular weight excluding hydrogens is 593 g/mol. The lowest BCUT2D eigenvalue weighted by atomic mass is 10.0. The Kier molecular flexibility index (Phi) is 11.0. The van der Waals surface area contributed by atoms with Crippen LogP contribution < -0.4 is 4.74 Å². The van der Waals surface area contributed by atoms with Crippen molar-refractivity contribution in [3.8, 4) is 17.2 Å². The normalized spacial score (nSPS) is 12.5. The molecule has 1 aromatic heterocycles. The first-order valence-corrected chi connectivity index (χ1v) is 14.3. The lowest BCUT2D eigenvalue weighted by Crippen LogP contribution is -2.39. The van der Waals surface area contributed by atoms with Gasteiger partial charge in [-0.2, -0.15) is 13.2 Å². The van der Waals surface area contributed by atoms with E-state index >= 15 is 0 Å². The first kappa shape index (κ1) is 35.0. The minimum atomic E-state index is -4.43. The van der Waals surface area contributed by atoms with Crippen molar-refractivity contribution in [1.82, 2.24) is 10.0 Å². The highest BCUT2D eigenvalue weighted by molar-refractivity contribution is 5.72. The lowest BCUT2D eigenvalue weighted by molar-refractivity contribution is -0.137. The maximum absolute atomic E-state index is 12.9. The molecule has 244 valence electrons. The Labute approximate surface area is 260 Å². The Balaban J connectivity index is 1.74. The molecule has 0 unspecified atom stereocenters. The van der Waals surface area contributed by atoms with Crippen LogP contribution in [0.1, 0.15) is 77.5 Å². The fourth-order valence-corrected chi connectivity index (χ4v) is 3.90. The van der Waals surface area contributed by atoms with Crippen molar-refractivity contribution in [3.63, 3.8) is 0 Å². The van der Waals surface area contributed by atoms with Crippen molar-refractivity contribution in [3.05, 3.63) is 77.2 Å². The molecule has 3 aromatic rings. The van der Waals surface area contributed by atoms with Gasteiger partial charge in [-0.15, -0.1) is 5.06 Å². The van der Waals surface area contributed by atoms with Gasteiger partial charge in [-0.25, -0.2) is 14.6 Å². The van der Waals surface area contributed by atoms with E-state index in [-0.39, 0.29) is 19.0 Å². The summed E-state index contributed by atoms with van der Waals surface area (Å²) >= 11 is 0. The van der Waals surface area contributed by atoms with Crippen molar-refractivity contribution in [2.75, 3.05) is 6.54 Å². The van der Waals surface area contributed by atoms with Gasteiger partial charge in [-0.3, -0.25) is 4.84 Å². The summed E-state index contributed by atoms with van der Waals surface area (Å²) in [5, 5.41) is 0.803. The molecule has 3 rings (SSSR count). The Morgan fingerprint density at radius 2 is 1.60 bits per heavy atom. The summed E-state index contributed by atoms with van der Waals surface area (Å²) in [7, 11) is 0. The molecule has 0 saturated heterocycles. The maximum atomic E-state index is 12.9. The number of oxazole rings is 1. The first-order chi connectivity index (χ1) is 20.8. The van der Waals surface area contributed by atoms with Crippen LogP contribution in [0.5, 0.6) is 5.75 Å². The van der Waals surface area contributed by atoms with Gasteiger partial charge in [0.05, 0.1) is 12.1 Å². The van der Waals surface area contributed by atoms with Gasteiger partial charge in [0.15, 0.2) is 0 Å². The maximum Gasteiger partial charge on any atom is 0.534 e. The highest BCUT2D eigenvalue weighted by Crippen LogP contribution is 2.31. The summed E-state index contributed by atoms with van der Waals surface area (Å²) in [4.78, 5) is 34.8. The topological polar surface area (TPSA) is 100 Å². The zero-order chi connectivity index (χ0) is 33.6. The van der Waals surface area contributed by atoms with Crippen molar-refractivity contribution >= 4 is 17.8 Å². The number of halogens is 3. The number of carbonyl (C=O) groups excluding carboxylic acids is 2. The molecule has 1 amide bonds. The first-order valence-electron chi connectivity index (χ1n) is 14.3. The SMILES string of the molecule is CCC(=CCN(OC(=O)OC(C)(C)C)C(=O)OC(C)(C)C)c1cccc(OCc2nc(-c3ccc(C(F)(F)F)cc3)oc2C)c1. The molecule has 0 fully saturated rings. The summed E-state index contributed by atoms with van der Waals surface area (Å²) < 4.78 is 61.0. The fourth-order valence-electron chi connectivity index (χ4n) is 3.90. The highest BCUT2D eigenvalue weighted by Gasteiger charge is 2.30. The van der Waals surface area contributed by atoms with Crippen LogP contribution in [0.25, 0.3) is 17.0 Å². The highest BCUT2D eigenvalue weighted by atomic mass is 19.4. The van der Waals surface area contributed by atoms with Gasteiger partial charge in [-0.1, -0.05) is 25.1 Å². The summed E-state index contributed by atoms with van der Waals surface area (Å²) in [6, 6.07) is 11.8. The molecule has 45 heavy (non-hydrogen) atoms. The second-order valence-electron chi connectivity index (χ2n) is 12.1. The molecule has 0 saturated carbocycles. The Morgan fingerprint density at radius 1 is 0.956 bits per heavy atom. The minimum absolute atomic E-state index is 0.0563. The Hall–Kier alpha value is -4.48. The third-order valence-electron chi connectivity index (χ3n) is 5.99. The van der Waals surface area contributed by atoms with E-state index in [2.05, 4.69) is 4.98 Å². The van der Waals surface area contributed by atoms with Crippen molar-refractivity contribution in [1.29, 1.82) is 0 Å². The lowest BCUT2D eigenvalue weighted by Gasteiger charge is -2.26. The quantitative estimate of drug-likeness (QED) is 0.179. The fraction of sp³-hybridized carbons (Fsp3) is 0.424. The zero-order valence-corrected chi connectivity index (χ0v) is 26.7. The number of hydrogen-bond acceptors (Lipinski definition) is 8. The molecule has 0 radical (unpaired) electrons. The average molecular weight is 633 g/mol. The van der Waals surface area contributed by atoms with Gasteiger partial charge >= 0.3 is 18.4 Å². The number of alkyl halides is 3. The summed E-state index contributed by atoms with van der Waals surface area (Å²) in [5.41, 5.74) is 0.142. The monoisotopic (exact) mass is 632 g/mol. The van der Waals surface area contributed by atoms with E-state index in [0.29, 0.717) is 29.2 Å². The summed E-state index contributed by atoms with van der Waals surface area (Å²) in [6.45, 7) is 13.7. The van der Waals surface area contributed by atoms with E-state index in [1.807, 2.05) is 19.1 Å². The van der Waals surface area contributed by atoms with Crippen LogP contribution in [0, 0.1) is 6.92 Å². The number of aryl methyl sites for hydroxylation is 1. The van der Waals surface area contributed by atoms with Crippen LogP contribution in [-0.4, -0.2) is 40.0 Å². The molecule has 1 heterocycles. The summed E-state index contributed by atoms with van der Waals surface area (Å²) in [5.74, 6) is 1.19. The third-order valence-corrected chi connectivity index (χ3v) is 5.99. The molecule has 9 nitrogen and oxygen atoms in total. The molecule has 0 aliphatic carbocycles. The molecule has 0 aliphatic heterocycles. The van der Waals surface area contributed by atoms with Crippen molar-refractivity contribution in [2.45, 2.75) is 85.8 Å². The van der Waals surface area contributed by atoms with Gasteiger partial charge in [0.1, 0.15) is 35.0 Å². The minimum Gasteiger partial charge on any atom is -0.487 e. The molecule has 2 aromatic carbocycles. The number of hydroxylamine groups is 2. The standard InChI is InChI=1S/C33H39F3N2O7/c1-9-22(17-18-38(29(39)43-31(3,4)5)45-30(40)44-32(6,7)8)24-11-10-12-26(19-24)41-20-27-21(2)42-28(37-27)23-13-15-25(16-14-23)33(34,35)36/h10-17,19H,9,18,20H2,1-8H3. The molecular formula is C33H39F3N2O7. The number of carbonyl (C=O) groups is 2. The van der Waals surface area contributed by atoms with Gasteiger partial charge < -0.3 is 18.6 Å². The number of ether oxygens (including phenoxy) is 3.